The third kappa shape index (κ3) is 3.74. The van der Waals surface area contributed by atoms with Gasteiger partial charge >= 0.3 is 0 Å². The van der Waals surface area contributed by atoms with Gasteiger partial charge in [0.05, 0.1) is 6.10 Å². The summed E-state index contributed by atoms with van der Waals surface area (Å²) < 4.78 is 6.07. The van der Waals surface area contributed by atoms with E-state index < -0.39 is 0 Å². The van der Waals surface area contributed by atoms with Crippen LogP contribution in [-0.4, -0.2) is 18.7 Å². The van der Waals surface area contributed by atoms with Gasteiger partial charge in [-0.1, -0.05) is 6.07 Å². The predicted octanol–water partition coefficient (Wildman–Crippen LogP) is 3.52. The lowest BCUT2D eigenvalue weighted by Gasteiger charge is -2.18. The first-order valence-electron chi connectivity index (χ1n) is 7.04. The lowest BCUT2D eigenvalue weighted by Crippen LogP contribution is -2.24. The van der Waals surface area contributed by atoms with Gasteiger partial charge in [0.2, 0.25) is 0 Å². The second-order valence-corrected chi connectivity index (χ2v) is 5.65. The van der Waals surface area contributed by atoms with Crippen LogP contribution in [0.4, 0.5) is 0 Å². The lowest BCUT2D eigenvalue weighted by atomic mass is 10.1. The molecule has 0 aliphatic heterocycles. The molecule has 1 aliphatic carbocycles. The van der Waals surface area contributed by atoms with E-state index in [-0.39, 0.29) is 6.10 Å². The Balaban J connectivity index is 1.86. The number of hydrogen-bond acceptors (Lipinski definition) is 2. The Labute approximate surface area is 111 Å². The molecule has 2 nitrogen and oxygen atoms in total. The first-order valence-corrected chi connectivity index (χ1v) is 7.04. The number of nitrogens with one attached hydrogen (secondary N) is 1. The van der Waals surface area contributed by atoms with Gasteiger partial charge in [-0.15, -0.1) is 0 Å². The molecule has 18 heavy (non-hydrogen) atoms. The van der Waals surface area contributed by atoms with E-state index in [4.69, 9.17) is 4.74 Å². The Morgan fingerprint density at radius 2 is 2.00 bits per heavy atom. The van der Waals surface area contributed by atoms with Gasteiger partial charge in [-0.05, 0) is 76.3 Å². The van der Waals surface area contributed by atoms with Crippen molar-refractivity contribution >= 4 is 0 Å². The van der Waals surface area contributed by atoms with Crippen molar-refractivity contribution in [3.05, 3.63) is 28.8 Å². The molecule has 0 spiro atoms. The number of hydrogen-bond donors (Lipinski definition) is 1. The summed E-state index contributed by atoms with van der Waals surface area (Å²) in [6, 6.07) is 5.15. The fraction of sp³-hybridized carbons (Fsp3) is 0.625. The standard InChI is InChI=1S/C16H25NO/c1-11-9-12(2)14(4)16(10-11)18-13(3)7-8-17-15-5-6-15/h9-10,13,15,17H,5-8H2,1-4H3. The van der Waals surface area contributed by atoms with Gasteiger partial charge in [0, 0.05) is 6.04 Å². The summed E-state index contributed by atoms with van der Waals surface area (Å²) in [5, 5.41) is 3.53. The minimum absolute atomic E-state index is 0.274. The quantitative estimate of drug-likeness (QED) is 0.830. The van der Waals surface area contributed by atoms with Crippen LogP contribution in [0.2, 0.25) is 0 Å². The molecule has 1 saturated carbocycles. The maximum atomic E-state index is 6.07. The van der Waals surface area contributed by atoms with E-state index in [0.29, 0.717) is 0 Å². The van der Waals surface area contributed by atoms with Crippen molar-refractivity contribution in [3.8, 4) is 5.75 Å². The average Bonchev–Trinajstić information content (AvgIpc) is 3.09. The molecule has 0 amide bonds. The van der Waals surface area contributed by atoms with E-state index in [1.165, 1.54) is 29.5 Å². The summed E-state index contributed by atoms with van der Waals surface area (Å²) in [6.45, 7) is 9.63. The summed E-state index contributed by atoms with van der Waals surface area (Å²) in [5.74, 6) is 1.05. The molecule has 0 bridgehead atoms. The maximum Gasteiger partial charge on any atom is 0.123 e. The summed E-state index contributed by atoms with van der Waals surface area (Å²) in [7, 11) is 0. The van der Waals surface area contributed by atoms with E-state index in [1.54, 1.807) is 0 Å². The van der Waals surface area contributed by atoms with Crippen LogP contribution in [0, 0.1) is 20.8 Å². The zero-order valence-corrected chi connectivity index (χ0v) is 12.0. The molecule has 1 atom stereocenters. The highest BCUT2D eigenvalue weighted by Crippen LogP contribution is 2.25. The van der Waals surface area contributed by atoms with Crippen molar-refractivity contribution in [2.75, 3.05) is 6.54 Å². The fourth-order valence-corrected chi connectivity index (χ4v) is 2.18. The van der Waals surface area contributed by atoms with Crippen LogP contribution in [0.3, 0.4) is 0 Å². The van der Waals surface area contributed by atoms with Crippen molar-refractivity contribution < 1.29 is 4.74 Å². The Hall–Kier alpha value is -1.02. The van der Waals surface area contributed by atoms with Gasteiger partial charge in [0.1, 0.15) is 5.75 Å². The highest BCUT2D eigenvalue weighted by atomic mass is 16.5. The second-order valence-electron chi connectivity index (χ2n) is 5.65. The van der Waals surface area contributed by atoms with Gasteiger partial charge in [-0.3, -0.25) is 0 Å². The number of benzene rings is 1. The Morgan fingerprint density at radius 1 is 1.28 bits per heavy atom. The molecule has 1 aromatic rings. The highest BCUT2D eigenvalue weighted by molar-refractivity contribution is 5.42. The summed E-state index contributed by atoms with van der Waals surface area (Å²) in [5.41, 5.74) is 3.85. The fourth-order valence-electron chi connectivity index (χ4n) is 2.18. The van der Waals surface area contributed by atoms with E-state index in [1.807, 2.05) is 0 Å². The lowest BCUT2D eigenvalue weighted by molar-refractivity contribution is 0.208. The molecule has 1 fully saturated rings. The molecular weight excluding hydrogens is 222 g/mol. The summed E-state index contributed by atoms with van der Waals surface area (Å²) >= 11 is 0. The van der Waals surface area contributed by atoms with Crippen molar-refractivity contribution in [1.29, 1.82) is 0 Å². The van der Waals surface area contributed by atoms with E-state index >= 15 is 0 Å². The minimum atomic E-state index is 0.274. The second kappa shape index (κ2) is 5.75. The summed E-state index contributed by atoms with van der Waals surface area (Å²) in [4.78, 5) is 0. The number of rotatable bonds is 6. The average molecular weight is 247 g/mol. The number of ether oxygens (including phenoxy) is 1. The Morgan fingerprint density at radius 3 is 2.67 bits per heavy atom. The van der Waals surface area contributed by atoms with E-state index in [9.17, 15) is 0 Å². The van der Waals surface area contributed by atoms with Crippen LogP contribution < -0.4 is 10.1 Å². The molecule has 0 heterocycles. The topological polar surface area (TPSA) is 21.3 Å². The van der Waals surface area contributed by atoms with Crippen LogP contribution in [-0.2, 0) is 0 Å². The molecule has 1 N–H and O–H groups in total. The van der Waals surface area contributed by atoms with Gasteiger partial charge < -0.3 is 10.1 Å². The largest absolute Gasteiger partial charge is 0.490 e. The molecule has 100 valence electrons. The Kier molecular flexibility index (Phi) is 4.28. The zero-order chi connectivity index (χ0) is 13.1. The molecule has 2 rings (SSSR count). The van der Waals surface area contributed by atoms with Crippen LogP contribution in [0.1, 0.15) is 42.9 Å². The van der Waals surface area contributed by atoms with Crippen molar-refractivity contribution in [2.24, 2.45) is 0 Å². The van der Waals surface area contributed by atoms with E-state index in [0.717, 1.165) is 24.8 Å². The monoisotopic (exact) mass is 247 g/mol. The smallest absolute Gasteiger partial charge is 0.123 e. The molecule has 1 aromatic carbocycles. The predicted molar refractivity (Wildman–Crippen MR) is 76.4 cm³/mol. The third-order valence-electron chi connectivity index (χ3n) is 3.65. The molecule has 0 saturated heterocycles. The van der Waals surface area contributed by atoms with Crippen LogP contribution in [0.25, 0.3) is 0 Å². The SMILES string of the molecule is Cc1cc(C)c(C)c(OC(C)CCNC2CC2)c1. The molecular formula is C16H25NO. The third-order valence-corrected chi connectivity index (χ3v) is 3.65. The van der Waals surface area contributed by atoms with Gasteiger partial charge in [0.15, 0.2) is 0 Å². The molecule has 0 radical (unpaired) electrons. The van der Waals surface area contributed by atoms with Crippen LogP contribution in [0.15, 0.2) is 12.1 Å². The van der Waals surface area contributed by atoms with E-state index in [2.05, 4.69) is 45.1 Å². The van der Waals surface area contributed by atoms with Gasteiger partial charge in [0.25, 0.3) is 0 Å². The van der Waals surface area contributed by atoms with Crippen molar-refractivity contribution in [3.63, 3.8) is 0 Å². The minimum Gasteiger partial charge on any atom is -0.490 e. The molecule has 1 aliphatic rings. The molecule has 2 heteroatoms. The maximum absolute atomic E-state index is 6.07. The zero-order valence-electron chi connectivity index (χ0n) is 12.0. The first kappa shape index (κ1) is 13.4. The number of aryl methyl sites for hydroxylation is 2. The normalized spacial score (nSPS) is 16.7. The molecule has 1 unspecified atom stereocenters. The Bertz CT molecular complexity index is 410. The highest BCUT2D eigenvalue weighted by Gasteiger charge is 2.20. The van der Waals surface area contributed by atoms with Crippen molar-refractivity contribution in [2.45, 2.75) is 59.1 Å². The summed E-state index contributed by atoms with van der Waals surface area (Å²) in [6.07, 6.45) is 4.05. The molecule has 0 aromatic heterocycles. The van der Waals surface area contributed by atoms with Gasteiger partial charge in [-0.2, -0.15) is 0 Å². The van der Waals surface area contributed by atoms with Crippen LogP contribution in [0.5, 0.6) is 5.75 Å². The van der Waals surface area contributed by atoms with Crippen molar-refractivity contribution in [1.82, 2.24) is 5.32 Å². The van der Waals surface area contributed by atoms with Gasteiger partial charge in [-0.25, -0.2) is 0 Å². The van der Waals surface area contributed by atoms with Crippen LogP contribution >= 0.6 is 0 Å². The first-order chi connectivity index (χ1) is 8.56.